The fourth-order valence-corrected chi connectivity index (χ4v) is 4.52. The van der Waals surface area contributed by atoms with Gasteiger partial charge in [-0.05, 0) is 73.0 Å². The first-order valence-corrected chi connectivity index (χ1v) is 11.7. The molecular weight excluding hydrogens is 483 g/mol. The number of ether oxygens (including phenoxy) is 3. The Morgan fingerprint density at radius 1 is 1.06 bits per heavy atom. The van der Waals surface area contributed by atoms with E-state index < -0.39 is 17.3 Å². The molecule has 0 fully saturated rings. The van der Waals surface area contributed by atoms with Crippen LogP contribution >= 0.6 is 11.8 Å². The van der Waals surface area contributed by atoms with Crippen LogP contribution in [-0.4, -0.2) is 44.3 Å². The number of esters is 1. The van der Waals surface area contributed by atoms with Crippen LogP contribution in [0, 0.1) is 5.92 Å². The SMILES string of the molecule is CCOC(=O)[C@H](c1ccc(OC)c(OC)c1)[C@@H]1C=C[C@H](NC(=O)c2ccc(SC(F)(F)F)cc2)C1. The molecule has 0 saturated carbocycles. The highest BCUT2D eigenvalue weighted by atomic mass is 32.2. The normalized spacial score (nSPS) is 18.1. The van der Waals surface area contributed by atoms with E-state index in [0.717, 1.165) is 0 Å². The lowest BCUT2D eigenvalue weighted by molar-refractivity contribution is -0.146. The van der Waals surface area contributed by atoms with Crippen LogP contribution in [0.3, 0.4) is 0 Å². The average Bonchev–Trinajstić information content (AvgIpc) is 3.26. The highest BCUT2D eigenvalue weighted by Gasteiger charge is 2.35. The average molecular weight is 510 g/mol. The van der Waals surface area contributed by atoms with Crippen LogP contribution in [0.25, 0.3) is 0 Å². The molecule has 0 bridgehead atoms. The minimum Gasteiger partial charge on any atom is -0.493 e. The molecule has 35 heavy (non-hydrogen) atoms. The summed E-state index contributed by atoms with van der Waals surface area (Å²) in [7, 11) is 3.03. The Kier molecular flexibility index (Phi) is 8.71. The molecule has 1 N–H and O–H groups in total. The molecular formula is C25H26F3NO5S. The predicted octanol–water partition coefficient (Wildman–Crippen LogP) is 5.34. The van der Waals surface area contributed by atoms with Crippen molar-refractivity contribution < 1.29 is 37.0 Å². The zero-order valence-corrected chi connectivity index (χ0v) is 20.2. The third-order valence-corrected chi connectivity index (χ3v) is 6.26. The van der Waals surface area contributed by atoms with E-state index in [1.807, 2.05) is 12.2 Å². The maximum atomic E-state index is 12.9. The van der Waals surface area contributed by atoms with E-state index in [9.17, 15) is 22.8 Å². The number of nitrogens with one attached hydrogen (secondary N) is 1. The molecule has 0 saturated heterocycles. The van der Waals surface area contributed by atoms with Crippen molar-refractivity contribution >= 4 is 23.6 Å². The first-order chi connectivity index (χ1) is 16.6. The van der Waals surface area contributed by atoms with Crippen LogP contribution < -0.4 is 14.8 Å². The maximum Gasteiger partial charge on any atom is 0.446 e. The van der Waals surface area contributed by atoms with Gasteiger partial charge in [0.2, 0.25) is 0 Å². The molecule has 10 heteroatoms. The second-order valence-corrected chi connectivity index (χ2v) is 8.92. The van der Waals surface area contributed by atoms with Crippen LogP contribution in [0.5, 0.6) is 11.5 Å². The number of carbonyl (C=O) groups excluding carboxylic acids is 2. The molecule has 0 aromatic heterocycles. The molecule has 0 heterocycles. The lowest BCUT2D eigenvalue weighted by Crippen LogP contribution is -2.33. The molecule has 2 aromatic carbocycles. The van der Waals surface area contributed by atoms with E-state index >= 15 is 0 Å². The van der Waals surface area contributed by atoms with Crippen molar-refractivity contribution in [2.45, 2.75) is 35.7 Å². The van der Waals surface area contributed by atoms with Crippen molar-refractivity contribution in [1.29, 1.82) is 0 Å². The summed E-state index contributed by atoms with van der Waals surface area (Å²) in [5.41, 5.74) is -3.45. The van der Waals surface area contributed by atoms with Crippen LogP contribution in [0.2, 0.25) is 0 Å². The van der Waals surface area contributed by atoms with Crippen molar-refractivity contribution in [2.24, 2.45) is 5.92 Å². The topological polar surface area (TPSA) is 73.9 Å². The molecule has 0 aliphatic heterocycles. The van der Waals surface area contributed by atoms with Crippen molar-refractivity contribution in [3.63, 3.8) is 0 Å². The van der Waals surface area contributed by atoms with Gasteiger partial charge in [-0.1, -0.05) is 18.2 Å². The number of allylic oxidation sites excluding steroid dienone is 1. The second-order valence-electron chi connectivity index (χ2n) is 7.78. The van der Waals surface area contributed by atoms with E-state index in [1.165, 1.54) is 38.5 Å². The number of carbonyl (C=O) groups is 2. The predicted molar refractivity (Wildman–Crippen MR) is 126 cm³/mol. The highest BCUT2D eigenvalue weighted by molar-refractivity contribution is 8.00. The minimum atomic E-state index is -4.39. The molecule has 1 aliphatic rings. The second kappa shape index (κ2) is 11.5. The molecule has 1 aliphatic carbocycles. The van der Waals surface area contributed by atoms with E-state index in [2.05, 4.69) is 5.32 Å². The van der Waals surface area contributed by atoms with Gasteiger partial charge in [-0.3, -0.25) is 9.59 Å². The standard InChI is InChI=1S/C25H26F3NO5S/c1-4-34-24(31)22(17-8-12-20(32-2)21(14-17)33-3)16-5-9-18(13-16)29-23(30)15-6-10-19(11-7-15)35-25(26,27)28/h5-12,14,16,18,22H,4,13H2,1-3H3,(H,29,30)/t16-,18+,22+/m1/s1. The number of thioether (sulfide) groups is 1. The van der Waals surface area contributed by atoms with Crippen molar-refractivity contribution in [3.05, 3.63) is 65.7 Å². The van der Waals surface area contributed by atoms with Gasteiger partial charge >= 0.3 is 11.5 Å². The van der Waals surface area contributed by atoms with Crippen LogP contribution in [0.1, 0.15) is 35.2 Å². The summed E-state index contributed by atoms with van der Waals surface area (Å²) >= 11 is -0.237. The summed E-state index contributed by atoms with van der Waals surface area (Å²) in [5, 5.41) is 2.86. The molecule has 0 radical (unpaired) electrons. The minimum absolute atomic E-state index is 0.00192. The Morgan fingerprint density at radius 3 is 2.34 bits per heavy atom. The number of methoxy groups -OCH3 is 2. The summed E-state index contributed by atoms with van der Waals surface area (Å²) < 4.78 is 53.5. The Balaban J connectivity index is 1.71. The summed E-state index contributed by atoms with van der Waals surface area (Å²) in [6.07, 6.45) is 4.13. The van der Waals surface area contributed by atoms with Gasteiger partial charge in [-0.2, -0.15) is 13.2 Å². The number of hydrogen-bond donors (Lipinski definition) is 1. The summed E-state index contributed by atoms with van der Waals surface area (Å²) in [5.74, 6) is -0.653. The fraction of sp³-hybridized carbons (Fsp3) is 0.360. The molecule has 188 valence electrons. The molecule has 2 aromatic rings. The highest BCUT2D eigenvalue weighted by Crippen LogP contribution is 2.39. The number of alkyl halides is 3. The van der Waals surface area contributed by atoms with E-state index in [4.69, 9.17) is 14.2 Å². The smallest absolute Gasteiger partial charge is 0.446 e. The Bertz CT molecular complexity index is 1070. The fourth-order valence-electron chi connectivity index (χ4n) is 3.98. The lowest BCUT2D eigenvalue weighted by atomic mass is 9.85. The quantitative estimate of drug-likeness (QED) is 0.280. The Hall–Kier alpha value is -3.14. The van der Waals surface area contributed by atoms with Gasteiger partial charge < -0.3 is 19.5 Å². The summed E-state index contributed by atoms with van der Waals surface area (Å²) in [6.45, 7) is 1.96. The molecule has 3 atom stereocenters. The van der Waals surface area contributed by atoms with E-state index in [0.29, 0.717) is 23.5 Å². The van der Waals surface area contributed by atoms with E-state index in [-0.39, 0.29) is 46.8 Å². The maximum absolute atomic E-state index is 12.9. The summed E-state index contributed by atoms with van der Waals surface area (Å²) in [4.78, 5) is 25.5. The lowest BCUT2D eigenvalue weighted by Gasteiger charge is -2.23. The third kappa shape index (κ3) is 6.94. The number of rotatable bonds is 9. The van der Waals surface area contributed by atoms with Gasteiger partial charge in [-0.25, -0.2) is 0 Å². The molecule has 0 spiro atoms. The van der Waals surface area contributed by atoms with Crippen LogP contribution in [-0.2, 0) is 9.53 Å². The monoisotopic (exact) mass is 509 g/mol. The molecule has 1 amide bonds. The summed E-state index contributed by atoms with van der Waals surface area (Å²) in [6, 6.07) is 10.1. The van der Waals surface area contributed by atoms with Gasteiger partial charge in [0, 0.05) is 16.5 Å². The van der Waals surface area contributed by atoms with Gasteiger partial charge in [0.25, 0.3) is 5.91 Å². The van der Waals surface area contributed by atoms with Crippen LogP contribution in [0.4, 0.5) is 13.2 Å². The van der Waals surface area contributed by atoms with Crippen molar-refractivity contribution in [2.75, 3.05) is 20.8 Å². The van der Waals surface area contributed by atoms with Gasteiger partial charge in [0.15, 0.2) is 11.5 Å². The first-order valence-electron chi connectivity index (χ1n) is 10.9. The third-order valence-electron chi connectivity index (χ3n) is 5.52. The zero-order valence-electron chi connectivity index (χ0n) is 19.4. The van der Waals surface area contributed by atoms with Gasteiger partial charge in [0.1, 0.15) is 0 Å². The van der Waals surface area contributed by atoms with Crippen LogP contribution in [0.15, 0.2) is 59.5 Å². The number of benzene rings is 2. The zero-order chi connectivity index (χ0) is 25.6. The first kappa shape index (κ1) is 26.5. The van der Waals surface area contributed by atoms with Gasteiger partial charge in [0.05, 0.1) is 26.7 Å². The number of hydrogen-bond acceptors (Lipinski definition) is 6. The Morgan fingerprint density at radius 2 is 1.74 bits per heavy atom. The van der Waals surface area contributed by atoms with Crippen molar-refractivity contribution in [1.82, 2.24) is 5.32 Å². The van der Waals surface area contributed by atoms with E-state index in [1.54, 1.807) is 25.1 Å². The molecule has 3 rings (SSSR count). The van der Waals surface area contributed by atoms with Gasteiger partial charge in [-0.15, -0.1) is 0 Å². The molecule has 6 nitrogen and oxygen atoms in total. The number of halogens is 3. The van der Waals surface area contributed by atoms with Crippen molar-refractivity contribution in [3.8, 4) is 11.5 Å². The molecule has 0 unspecified atom stereocenters. The number of amides is 1. The largest absolute Gasteiger partial charge is 0.493 e. The Labute approximate surface area is 205 Å².